The maximum Gasteiger partial charge on any atom is 0.316 e. The van der Waals surface area contributed by atoms with Crippen molar-refractivity contribution >= 4 is 17.5 Å². The number of rotatable bonds is 3. The fourth-order valence-electron chi connectivity index (χ4n) is 2.22. The van der Waals surface area contributed by atoms with E-state index in [-0.39, 0.29) is 6.61 Å². The number of hydrogen-bond acceptors (Lipinski definition) is 3. The molecular weight excluding hydrogens is 244 g/mol. The summed E-state index contributed by atoms with van der Waals surface area (Å²) in [5, 5.41) is 11.2. The van der Waals surface area contributed by atoms with Gasteiger partial charge in [0.05, 0.1) is 0 Å². The summed E-state index contributed by atoms with van der Waals surface area (Å²) < 4.78 is 0. The maximum absolute atomic E-state index is 12.1. The maximum atomic E-state index is 12.1. The van der Waals surface area contributed by atoms with E-state index < -0.39 is 11.8 Å². The number of amides is 2. The van der Waals surface area contributed by atoms with Crippen LogP contribution in [-0.2, 0) is 16.0 Å². The van der Waals surface area contributed by atoms with Gasteiger partial charge >= 0.3 is 11.8 Å². The number of anilines is 1. The van der Waals surface area contributed by atoms with Crippen molar-refractivity contribution in [2.24, 2.45) is 0 Å². The topological polar surface area (TPSA) is 69.6 Å². The third-order valence-electron chi connectivity index (χ3n) is 3.17. The Morgan fingerprint density at radius 2 is 2.11 bits per heavy atom. The molecule has 1 aliphatic rings. The lowest BCUT2D eigenvalue weighted by Gasteiger charge is -2.28. The van der Waals surface area contributed by atoms with Gasteiger partial charge in [-0.15, -0.1) is 0 Å². The van der Waals surface area contributed by atoms with Crippen LogP contribution >= 0.6 is 0 Å². The largest absolute Gasteiger partial charge is 0.396 e. The van der Waals surface area contributed by atoms with Gasteiger partial charge in [0.2, 0.25) is 0 Å². The molecule has 0 atom stereocenters. The Balaban J connectivity index is 2.06. The Kier molecular flexibility index (Phi) is 4.52. The number of para-hydroxylation sites is 1. The minimum atomic E-state index is -0.606. The van der Waals surface area contributed by atoms with Crippen LogP contribution in [0.1, 0.15) is 18.4 Å². The molecule has 5 heteroatoms. The average molecular weight is 262 g/mol. The number of fused-ring (bicyclic) bond motifs is 1. The quantitative estimate of drug-likeness (QED) is 0.614. The van der Waals surface area contributed by atoms with Crippen LogP contribution in [0.4, 0.5) is 5.69 Å². The molecule has 5 nitrogen and oxygen atoms in total. The van der Waals surface area contributed by atoms with E-state index in [9.17, 15) is 9.59 Å². The lowest BCUT2D eigenvalue weighted by atomic mass is 10.0. The molecule has 0 saturated heterocycles. The van der Waals surface area contributed by atoms with Crippen LogP contribution in [0.2, 0.25) is 0 Å². The molecule has 1 aromatic carbocycles. The Hall–Kier alpha value is -1.88. The minimum absolute atomic E-state index is 0.00101. The van der Waals surface area contributed by atoms with Gasteiger partial charge in [0, 0.05) is 25.4 Å². The zero-order valence-electron chi connectivity index (χ0n) is 10.8. The van der Waals surface area contributed by atoms with E-state index in [1.807, 2.05) is 24.3 Å². The Morgan fingerprint density at radius 1 is 1.32 bits per heavy atom. The normalized spacial score (nSPS) is 13.8. The first-order valence-corrected chi connectivity index (χ1v) is 6.52. The van der Waals surface area contributed by atoms with Gasteiger partial charge in [0.15, 0.2) is 0 Å². The molecule has 0 spiro atoms. The SMILES string of the molecule is O=C(NCCCO)C(=O)N1CCCc2ccccc21. The monoisotopic (exact) mass is 262 g/mol. The highest BCUT2D eigenvalue weighted by atomic mass is 16.3. The molecule has 19 heavy (non-hydrogen) atoms. The van der Waals surface area contributed by atoms with Crippen molar-refractivity contribution in [1.82, 2.24) is 5.32 Å². The number of nitrogens with zero attached hydrogens (tertiary/aromatic N) is 1. The molecule has 1 heterocycles. The summed E-state index contributed by atoms with van der Waals surface area (Å²) in [5.74, 6) is -1.13. The second-order valence-electron chi connectivity index (χ2n) is 4.52. The predicted octanol–water partition coefficient (Wildman–Crippen LogP) is 0.464. The van der Waals surface area contributed by atoms with Crippen LogP contribution < -0.4 is 10.2 Å². The van der Waals surface area contributed by atoms with Crippen LogP contribution in [0.3, 0.4) is 0 Å². The standard InChI is InChI=1S/C14H18N2O3/c17-10-4-8-15-13(18)14(19)16-9-3-6-11-5-1-2-7-12(11)16/h1-2,5,7,17H,3-4,6,8-10H2,(H,15,18). The van der Waals surface area contributed by atoms with Crippen molar-refractivity contribution in [3.05, 3.63) is 29.8 Å². The number of carbonyl (C=O) groups is 2. The van der Waals surface area contributed by atoms with Crippen LogP contribution in [0.25, 0.3) is 0 Å². The van der Waals surface area contributed by atoms with Crippen LogP contribution in [0.5, 0.6) is 0 Å². The van der Waals surface area contributed by atoms with E-state index in [4.69, 9.17) is 5.11 Å². The van der Waals surface area contributed by atoms with Crippen molar-refractivity contribution in [1.29, 1.82) is 0 Å². The van der Waals surface area contributed by atoms with E-state index in [2.05, 4.69) is 5.32 Å². The van der Waals surface area contributed by atoms with Crippen molar-refractivity contribution in [2.45, 2.75) is 19.3 Å². The molecule has 2 N–H and O–H groups in total. The van der Waals surface area contributed by atoms with Gasteiger partial charge in [-0.2, -0.15) is 0 Å². The van der Waals surface area contributed by atoms with Crippen molar-refractivity contribution in [2.75, 3.05) is 24.6 Å². The number of carbonyl (C=O) groups excluding carboxylic acids is 2. The zero-order valence-corrected chi connectivity index (χ0v) is 10.8. The van der Waals surface area contributed by atoms with Crippen LogP contribution in [0.15, 0.2) is 24.3 Å². The van der Waals surface area contributed by atoms with Gasteiger partial charge < -0.3 is 15.3 Å². The summed E-state index contributed by atoms with van der Waals surface area (Å²) in [6.07, 6.45) is 2.26. The van der Waals surface area contributed by atoms with Crippen LogP contribution in [-0.4, -0.2) is 36.6 Å². The number of aryl methyl sites for hydroxylation is 1. The Morgan fingerprint density at radius 3 is 2.89 bits per heavy atom. The molecule has 0 aliphatic carbocycles. The second kappa shape index (κ2) is 6.33. The summed E-state index contributed by atoms with van der Waals surface area (Å²) in [5.41, 5.74) is 1.93. The van der Waals surface area contributed by atoms with E-state index in [0.29, 0.717) is 19.5 Å². The van der Waals surface area contributed by atoms with Crippen molar-refractivity contribution in [3.8, 4) is 0 Å². The number of aliphatic hydroxyl groups is 1. The van der Waals surface area contributed by atoms with Gasteiger partial charge in [0.1, 0.15) is 0 Å². The highest BCUT2D eigenvalue weighted by Gasteiger charge is 2.26. The molecule has 0 saturated carbocycles. The number of aliphatic hydroxyl groups excluding tert-OH is 1. The molecule has 1 aromatic rings. The summed E-state index contributed by atoms with van der Waals surface area (Å²) in [6, 6.07) is 7.66. The molecule has 0 unspecified atom stereocenters. The second-order valence-corrected chi connectivity index (χ2v) is 4.52. The predicted molar refractivity (Wildman–Crippen MR) is 71.8 cm³/mol. The number of nitrogens with one attached hydrogen (secondary N) is 1. The number of benzene rings is 1. The lowest BCUT2D eigenvalue weighted by Crippen LogP contribution is -2.45. The summed E-state index contributed by atoms with van der Waals surface area (Å²) in [4.78, 5) is 25.4. The van der Waals surface area contributed by atoms with Gasteiger partial charge in [-0.25, -0.2) is 0 Å². The molecule has 102 valence electrons. The Bertz CT molecular complexity index is 474. The fourth-order valence-corrected chi connectivity index (χ4v) is 2.22. The first-order valence-electron chi connectivity index (χ1n) is 6.52. The lowest BCUT2D eigenvalue weighted by molar-refractivity contribution is -0.137. The third kappa shape index (κ3) is 3.12. The summed E-state index contributed by atoms with van der Waals surface area (Å²) in [7, 11) is 0. The Labute approximate surface area is 112 Å². The minimum Gasteiger partial charge on any atom is -0.396 e. The van der Waals surface area contributed by atoms with E-state index >= 15 is 0 Å². The van der Waals surface area contributed by atoms with E-state index in [1.165, 1.54) is 4.90 Å². The smallest absolute Gasteiger partial charge is 0.316 e. The van der Waals surface area contributed by atoms with Gasteiger partial charge in [-0.3, -0.25) is 9.59 Å². The zero-order chi connectivity index (χ0) is 13.7. The molecule has 0 bridgehead atoms. The summed E-state index contributed by atoms with van der Waals surface area (Å²) in [6.45, 7) is 0.890. The fraction of sp³-hybridized carbons (Fsp3) is 0.429. The first kappa shape index (κ1) is 13.5. The molecule has 0 aromatic heterocycles. The van der Waals surface area contributed by atoms with E-state index in [1.54, 1.807) is 0 Å². The number of hydrogen-bond donors (Lipinski definition) is 2. The highest BCUT2D eigenvalue weighted by molar-refractivity contribution is 6.40. The highest BCUT2D eigenvalue weighted by Crippen LogP contribution is 2.26. The van der Waals surface area contributed by atoms with Gasteiger partial charge in [0.25, 0.3) is 0 Å². The molecule has 1 aliphatic heterocycles. The first-order chi connectivity index (χ1) is 9.24. The van der Waals surface area contributed by atoms with Crippen molar-refractivity contribution in [3.63, 3.8) is 0 Å². The summed E-state index contributed by atoms with van der Waals surface area (Å²) >= 11 is 0. The average Bonchev–Trinajstić information content (AvgIpc) is 2.46. The molecule has 0 fully saturated rings. The molecule has 2 rings (SSSR count). The molecular formula is C14H18N2O3. The van der Waals surface area contributed by atoms with Crippen LogP contribution in [0, 0.1) is 0 Å². The molecule has 0 radical (unpaired) electrons. The van der Waals surface area contributed by atoms with Crippen molar-refractivity contribution < 1.29 is 14.7 Å². The molecule has 2 amide bonds. The van der Waals surface area contributed by atoms with Gasteiger partial charge in [-0.1, -0.05) is 18.2 Å². The van der Waals surface area contributed by atoms with E-state index in [0.717, 1.165) is 24.1 Å². The third-order valence-corrected chi connectivity index (χ3v) is 3.17. The van der Waals surface area contributed by atoms with Gasteiger partial charge in [-0.05, 0) is 30.9 Å².